The summed E-state index contributed by atoms with van der Waals surface area (Å²) in [5.41, 5.74) is 3.27. The van der Waals surface area contributed by atoms with E-state index in [0.29, 0.717) is 17.1 Å². The number of rotatable bonds is 7. The minimum absolute atomic E-state index is 0.0390. The molecule has 0 aliphatic heterocycles. The number of nitrogens with one attached hydrogen (secondary N) is 1. The molecule has 140 valence electrons. The highest BCUT2D eigenvalue weighted by atomic mass is 32.2. The van der Waals surface area contributed by atoms with E-state index in [4.69, 9.17) is 4.74 Å². The van der Waals surface area contributed by atoms with Crippen molar-refractivity contribution in [1.82, 2.24) is 0 Å². The highest BCUT2D eigenvalue weighted by molar-refractivity contribution is 7.92. The molecule has 0 unspecified atom stereocenters. The minimum atomic E-state index is -3.53. The summed E-state index contributed by atoms with van der Waals surface area (Å²) in [5.74, 6) is 0.308. The monoisotopic (exact) mass is 376 g/mol. The average Bonchev–Trinajstić information content (AvgIpc) is 2.53. The molecular formula is C19H24N2O4S. The molecule has 26 heavy (non-hydrogen) atoms. The molecule has 0 saturated heterocycles. The Balaban J connectivity index is 2.10. The summed E-state index contributed by atoms with van der Waals surface area (Å²) < 4.78 is 30.6. The lowest BCUT2D eigenvalue weighted by Crippen LogP contribution is -2.33. The number of anilines is 2. The van der Waals surface area contributed by atoms with Crippen LogP contribution in [0.25, 0.3) is 0 Å². The highest BCUT2D eigenvalue weighted by Crippen LogP contribution is 2.23. The molecule has 7 heteroatoms. The SMILES string of the molecule is COc1cccc(N(CCC(=O)Nc2cc(C)cc(C)c2)S(C)(=O)=O)c1. The number of methoxy groups -OCH3 is 1. The summed E-state index contributed by atoms with van der Waals surface area (Å²) in [6.45, 7) is 3.95. The van der Waals surface area contributed by atoms with Gasteiger partial charge in [-0.2, -0.15) is 0 Å². The number of sulfonamides is 1. The lowest BCUT2D eigenvalue weighted by atomic mass is 10.1. The zero-order chi connectivity index (χ0) is 19.3. The maximum Gasteiger partial charge on any atom is 0.232 e. The van der Waals surface area contributed by atoms with Crippen LogP contribution in [-0.2, 0) is 14.8 Å². The molecule has 0 aliphatic carbocycles. The van der Waals surface area contributed by atoms with Gasteiger partial charge in [0.2, 0.25) is 15.9 Å². The Bertz CT molecular complexity index is 874. The number of hydrogen-bond acceptors (Lipinski definition) is 4. The number of benzene rings is 2. The van der Waals surface area contributed by atoms with Crippen molar-refractivity contribution in [3.63, 3.8) is 0 Å². The molecule has 2 aromatic rings. The second-order valence-corrected chi connectivity index (χ2v) is 8.12. The fraction of sp³-hybridized carbons (Fsp3) is 0.316. The van der Waals surface area contributed by atoms with Crippen LogP contribution in [0.5, 0.6) is 5.75 Å². The van der Waals surface area contributed by atoms with E-state index in [9.17, 15) is 13.2 Å². The third-order valence-corrected chi connectivity index (χ3v) is 4.98. The minimum Gasteiger partial charge on any atom is -0.497 e. The van der Waals surface area contributed by atoms with Gasteiger partial charge in [0, 0.05) is 24.7 Å². The van der Waals surface area contributed by atoms with Crippen LogP contribution >= 0.6 is 0 Å². The molecular weight excluding hydrogens is 352 g/mol. The summed E-state index contributed by atoms with van der Waals surface area (Å²) in [4.78, 5) is 12.3. The fourth-order valence-electron chi connectivity index (χ4n) is 2.73. The predicted molar refractivity (Wildman–Crippen MR) is 104 cm³/mol. The average molecular weight is 376 g/mol. The first-order valence-electron chi connectivity index (χ1n) is 8.19. The molecule has 0 heterocycles. The van der Waals surface area contributed by atoms with Gasteiger partial charge < -0.3 is 10.1 Å². The Morgan fingerprint density at radius 1 is 1.12 bits per heavy atom. The fourth-order valence-corrected chi connectivity index (χ4v) is 3.64. The molecule has 1 amide bonds. The van der Waals surface area contributed by atoms with Crippen molar-refractivity contribution in [3.8, 4) is 5.75 Å². The van der Waals surface area contributed by atoms with E-state index in [1.807, 2.05) is 32.0 Å². The van der Waals surface area contributed by atoms with Gasteiger partial charge in [-0.1, -0.05) is 12.1 Å². The lowest BCUT2D eigenvalue weighted by molar-refractivity contribution is -0.116. The molecule has 0 aromatic heterocycles. The second kappa shape index (κ2) is 8.23. The number of carbonyl (C=O) groups is 1. The van der Waals surface area contributed by atoms with Crippen LogP contribution < -0.4 is 14.4 Å². The van der Waals surface area contributed by atoms with Gasteiger partial charge in [0.15, 0.2) is 0 Å². The van der Waals surface area contributed by atoms with Gasteiger partial charge in [-0.05, 0) is 49.2 Å². The molecule has 2 rings (SSSR count). The Hall–Kier alpha value is -2.54. The molecule has 0 atom stereocenters. The highest BCUT2D eigenvalue weighted by Gasteiger charge is 2.19. The summed E-state index contributed by atoms with van der Waals surface area (Å²) in [7, 11) is -2.01. The van der Waals surface area contributed by atoms with Gasteiger partial charge in [-0.3, -0.25) is 9.10 Å². The first-order valence-corrected chi connectivity index (χ1v) is 10.0. The first-order chi connectivity index (χ1) is 12.2. The van der Waals surface area contributed by atoms with Gasteiger partial charge in [-0.15, -0.1) is 0 Å². The second-order valence-electron chi connectivity index (χ2n) is 6.21. The summed E-state index contributed by atoms with van der Waals surface area (Å²) in [6.07, 6.45) is 1.16. The molecule has 2 aromatic carbocycles. The number of amides is 1. The van der Waals surface area contributed by atoms with E-state index in [-0.39, 0.29) is 18.9 Å². The Kier molecular flexibility index (Phi) is 6.26. The number of carbonyl (C=O) groups excluding carboxylic acids is 1. The van der Waals surface area contributed by atoms with E-state index >= 15 is 0 Å². The van der Waals surface area contributed by atoms with E-state index in [1.165, 1.54) is 11.4 Å². The summed E-state index contributed by atoms with van der Waals surface area (Å²) >= 11 is 0. The largest absolute Gasteiger partial charge is 0.497 e. The topological polar surface area (TPSA) is 75.7 Å². The Morgan fingerprint density at radius 3 is 2.35 bits per heavy atom. The van der Waals surface area contributed by atoms with Crippen LogP contribution in [-0.4, -0.2) is 34.2 Å². The predicted octanol–water partition coefficient (Wildman–Crippen LogP) is 3.11. The van der Waals surface area contributed by atoms with Gasteiger partial charge in [-0.25, -0.2) is 8.42 Å². The van der Waals surface area contributed by atoms with Crippen LogP contribution in [0, 0.1) is 13.8 Å². The van der Waals surface area contributed by atoms with Gasteiger partial charge in [0.05, 0.1) is 19.1 Å². The van der Waals surface area contributed by atoms with E-state index in [0.717, 1.165) is 17.4 Å². The maximum atomic E-state index is 12.3. The molecule has 0 spiro atoms. The summed E-state index contributed by atoms with van der Waals surface area (Å²) in [6, 6.07) is 12.5. The Labute approximate surface area is 154 Å². The zero-order valence-corrected chi connectivity index (χ0v) is 16.3. The number of ether oxygens (including phenoxy) is 1. The molecule has 0 fully saturated rings. The summed E-state index contributed by atoms with van der Waals surface area (Å²) in [5, 5.41) is 2.82. The van der Waals surface area contributed by atoms with E-state index in [1.54, 1.807) is 24.3 Å². The number of hydrogen-bond donors (Lipinski definition) is 1. The molecule has 0 bridgehead atoms. The smallest absolute Gasteiger partial charge is 0.232 e. The van der Waals surface area contributed by atoms with Crippen LogP contribution in [0.1, 0.15) is 17.5 Å². The number of aryl methyl sites for hydroxylation is 2. The van der Waals surface area contributed by atoms with Crippen molar-refractivity contribution >= 4 is 27.3 Å². The van der Waals surface area contributed by atoms with Crippen LogP contribution in [0.2, 0.25) is 0 Å². The van der Waals surface area contributed by atoms with Crippen molar-refractivity contribution in [3.05, 3.63) is 53.6 Å². The number of nitrogens with zero attached hydrogens (tertiary/aromatic N) is 1. The standard InChI is InChI=1S/C19H24N2O4S/c1-14-10-15(2)12-16(11-14)20-19(22)8-9-21(26(4,23)24)17-6-5-7-18(13-17)25-3/h5-7,10-13H,8-9H2,1-4H3,(H,20,22). The van der Waals surface area contributed by atoms with E-state index in [2.05, 4.69) is 5.32 Å². The van der Waals surface area contributed by atoms with Crippen molar-refractivity contribution in [2.24, 2.45) is 0 Å². The van der Waals surface area contributed by atoms with Crippen molar-refractivity contribution in [2.45, 2.75) is 20.3 Å². The first kappa shape index (κ1) is 19.8. The van der Waals surface area contributed by atoms with Crippen molar-refractivity contribution < 1.29 is 17.9 Å². The maximum absolute atomic E-state index is 12.3. The molecule has 1 N–H and O–H groups in total. The quantitative estimate of drug-likeness (QED) is 0.806. The third-order valence-electron chi connectivity index (χ3n) is 3.79. The van der Waals surface area contributed by atoms with Crippen LogP contribution in [0.3, 0.4) is 0 Å². The molecule has 0 aliphatic rings. The van der Waals surface area contributed by atoms with Gasteiger partial charge in [0.1, 0.15) is 5.75 Å². The van der Waals surface area contributed by atoms with Crippen LogP contribution in [0.4, 0.5) is 11.4 Å². The normalized spacial score (nSPS) is 11.1. The third kappa shape index (κ3) is 5.49. The van der Waals surface area contributed by atoms with Gasteiger partial charge >= 0.3 is 0 Å². The Morgan fingerprint density at radius 2 is 1.77 bits per heavy atom. The zero-order valence-electron chi connectivity index (χ0n) is 15.4. The molecule has 0 radical (unpaired) electrons. The van der Waals surface area contributed by atoms with Crippen molar-refractivity contribution in [1.29, 1.82) is 0 Å². The van der Waals surface area contributed by atoms with Crippen LogP contribution in [0.15, 0.2) is 42.5 Å². The molecule has 6 nitrogen and oxygen atoms in total. The van der Waals surface area contributed by atoms with E-state index < -0.39 is 10.0 Å². The van der Waals surface area contributed by atoms with Crippen molar-refractivity contribution in [2.75, 3.05) is 29.5 Å². The molecule has 0 saturated carbocycles. The lowest BCUT2D eigenvalue weighted by Gasteiger charge is -2.22. The van der Waals surface area contributed by atoms with Gasteiger partial charge in [0.25, 0.3) is 0 Å².